The van der Waals surface area contributed by atoms with Crippen LogP contribution in [0.3, 0.4) is 0 Å². The normalized spacial score (nSPS) is 11.8. The van der Waals surface area contributed by atoms with E-state index < -0.39 is 0 Å². The Morgan fingerprint density at radius 1 is 0.431 bits per heavy atom. The molecule has 0 saturated heterocycles. The van der Waals surface area contributed by atoms with Crippen molar-refractivity contribution in [3.05, 3.63) is 100 Å². The molecular formula is C55H84N2Pd. The van der Waals surface area contributed by atoms with Crippen molar-refractivity contribution in [2.24, 2.45) is 0 Å². The SMILES string of the molecule is CCCCCC#CCCc1ccc(CCCC)cc1C1=C(CCCC)C(CCCCC)=C(c2cc(CCCC)ccc2CCC#CCCCCC)[N+]1=[N-].[CH2-]C.[CH2-]C.[Pd+2]. The van der Waals surface area contributed by atoms with Gasteiger partial charge in [0.25, 0.3) is 0 Å². The fourth-order valence-electron chi connectivity index (χ4n) is 7.52. The molecule has 0 fully saturated rings. The van der Waals surface area contributed by atoms with Crippen molar-refractivity contribution >= 4 is 11.4 Å². The summed E-state index contributed by atoms with van der Waals surface area (Å²) >= 11 is 0. The van der Waals surface area contributed by atoms with Crippen LogP contribution >= 0.6 is 0 Å². The third kappa shape index (κ3) is 19.6. The summed E-state index contributed by atoms with van der Waals surface area (Å²) in [4.78, 5) is 0. The number of nitrogens with zero attached hydrogens (tertiary/aromatic N) is 2. The standard InChI is InChI=1S/C51H74N2.2C2H5.Pd/c1-7-13-19-21-23-25-28-32-44-38-36-42(30-16-10-4)40-48(44)50-46(34-18-12-6)47(35-27-15-9-3)51(53(50)52)49-41-43(31-17-11-5)37-39-45(49)33-29-26-24-22-20-14-8-2;2*1-2;/h36-41H,7-22,27-35H2,1-6H3;2*1H2,2H3;/q;2*-1;+2. The van der Waals surface area contributed by atoms with Gasteiger partial charge in [-0.05, 0) is 111 Å². The van der Waals surface area contributed by atoms with E-state index in [0.29, 0.717) is 0 Å². The summed E-state index contributed by atoms with van der Waals surface area (Å²) < 4.78 is 1.66. The maximum Gasteiger partial charge on any atom is 2.00 e. The van der Waals surface area contributed by atoms with E-state index in [1.54, 1.807) is 18.5 Å². The van der Waals surface area contributed by atoms with E-state index in [4.69, 9.17) is 0 Å². The summed E-state index contributed by atoms with van der Waals surface area (Å²) in [5, 5.41) is 0. The van der Waals surface area contributed by atoms with Crippen molar-refractivity contribution in [1.29, 1.82) is 0 Å². The Bertz CT molecular complexity index is 1600. The summed E-state index contributed by atoms with van der Waals surface area (Å²) in [6.07, 6.45) is 27.4. The van der Waals surface area contributed by atoms with E-state index in [-0.39, 0.29) is 20.4 Å². The summed E-state index contributed by atoms with van der Waals surface area (Å²) in [7, 11) is 0. The molecule has 0 aromatic heterocycles. The molecule has 2 aromatic rings. The van der Waals surface area contributed by atoms with Crippen LogP contribution in [-0.2, 0) is 46.1 Å². The average Bonchev–Trinajstić information content (AvgIpc) is 3.52. The van der Waals surface area contributed by atoms with Crippen LogP contribution in [0.1, 0.15) is 224 Å². The maximum absolute atomic E-state index is 12.8. The smallest absolute Gasteiger partial charge is 0.493 e. The molecule has 0 N–H and O–H groups in total. The molecule has 0 saturated carbocycles. The van der Waals surface area contributed by atoms with Gasteiger partial charge in [-0.25, -0.2) is 4.70 Å². The van der Waals surface area contributed by atoms with Gasteiger partial charge < -0.3 is 19.4 Å². The van der Waals surface area contributed by atoms with Crippen molar-refractivity contribution in [2.75, 3.05) is 0 Å². The minimum Gasteiger partial charge on any atom is -0.493 e. The average molecular weight is 880 g/mol. The van der Waals surface area contributed by atoms with Crippen molar-refractivity contribution in [3.8, 4) is 23.7 Å². The minimum absolute atomic E-state index is 0. The van der Waals surface area contributed by atoms with Gasteiger partial charge in [-0.3, -0.25) is 0 Å². The van der Waals surface area contributed by atoms with Crippen LogP contribution in [-0.4, -0.2) is 4.70 Å². The van der Waals surface area contributed by atoms with Crippen LogP contribution in [0.5, 0.6) is 0 Å². The van der Waals surface area contributed by atoms with E-state index in [9.17, 15) is 5.53 Å². The number of hydrogen-bond donors (Lipinski definition) is 0. The quantitative estimate of drug-likeness (QED) is 0.0312. The van der Waals surface area contributed by atoms with E-state index >= 15 is 0 Å². The predicted molar refractivity (Wildman–Crippen MR) is 254 cm³/mol. The number of allylic oxidation sites excluding steroid dienone is 2. The van der Waals surface area contributed by atoms with Gasteiger partial charge in [-0.15, -0.1) is 23.7 Å². The van der Waals surface area contributed by atoms with E-state index in [0.717, 1.165) is 94.9 Å². The number of benzene rings is 2. The Balaban J connectivity index is 0.00000629. The zero-order valence-corrected chi connectivity index (χ0v) is 40.3. The number of rotatable bonds is 25. The molecule has 0 atom stereocenters. The molecule has 3 heteroatoms. The van der Waals surface area contributed by atoms with Gasteiger partial charge in [-0.1, -0.05) is 124 Å². The first-order valence-corrected chi connectivity index (χ1v) is 23.6. The zero-order chi connectivity index (χ0) is 42.1. The van der Waals surface area contributed by atoms with Crippen molar-refractivity contribution in [3.63, 3.8) is 0 Å². The third-order valence-corrected chi connectivity index (χ3v) is 10.8. The molecule has 1 heterocycles. The molecule has 0 spiro atoms. The summed E-state index contributed by atoms with van der Waals surface area (Å²) in [6.45, 7) is 23.6. The van der Waals surface area contributed by atoms with Crippen LogP contribution in [0.4, 0.5) is 0 Å². The van der Waals surface area contributed by atoms with Gasteiger partial charge in [0.05, 0.1) is 0 Å². The van der Waals surface area contributed by atoms with Gasteiger partial charge in [0.1, 0.15) is 0 Å². The van der Waals surface area contributed by atoms with E-state index in [1.807, 2.05) is 0 Å². The molecule has 2 aromatic carbocycles. The Morgan fingerprint density at radius 2 is 0.776 bits per heavy atom. The number of aryl methyl sites for hydroxylation is 4. The Labute approximate surface area is 374 Å². The monoisotopic (exact) mass is 879 g/mol. The second-order valence-electron chi connectivity index (χ2n) is 15.3. The summed E-state index contributed by atoms with van der Waals surface area (Å²) in [5.74, 6) is 13.9. The van der Waals surface area contributed by atoms with Crippen LogP contribution in [0.25, 0.3) is 16.9 Å². The molecule has 58 heavy (non-hydrogen) atoms. The van der Waals surface area contributed by atoms with Gasteiger partial charge in [0, 0.05) is 48.0 Å². The number of hydrogen-bond acceptors (Lipinski definition) is 0. The molecule has 324 valence electrons. The van der Waals surface area contributed by atoms with Gasteiger partial charge in [0.2, 0.25) is 11.4 Å². The van der Waals surface area contributed by atoms with Crippen LogP contribution in [0, 0.1) is 37.5 Å². The van der Waals surface area contributed by atoms with Crippen molar-refractivity contribution < 1.29 is 25.1 Å². The van der Waals surface area contributed by atoms with Crippen LogP contribution in [0.15, 0.2) is 47.5 Å². The minimum atomic E-state index is 0. The molecule has 1 aliphatic heterocycles. The van der Waals surface area contributed by atoms with Crippen molar-refractivity contribution in [2.45, 2.75) is 216 Å². The summed E-state index contributed by atoms with van der Waals surface area (Å²) in [6, 6.07) is 14.2. The van der Waals surface area contributed by atoms with Crippen LogP contribution in [0.2, 0.25) is 0 Å². The fourth-order valence-corrected chi connectivity index (χ4v) is 7.52. The second kappa shape index (κ2) is 36.2. The topological polar surface area (TPSA) is 25.3 Å². The molecule has 0 radical (unpaired) electrons. The molecule has 2 nitrogen and oxygen atoms in total. The molecule has 0 aliphatic carbocycles. The predicted octanol–water partition coefficient (Wildman–Crippen LogP) is 17.0. The van der Waals surface area contributed by atoms with Gasteiger partial charge in [-0.2, -0.15) is 13.8 Å². The van der Waals surface area contributed by atoms with E-state index in [1.165, 1.54) is 122 Å². The van der Waals surface area contributed by atoms with Crippen LogP contribution < -0.4 is 0 Å². The molecule has 1 aliphatic rings. The van der Waals surface area contributed by atoms with Crippen molar-refractivity contribution in [1.82, 2.24) is 0 Å². The fraction of sp³-hybridized carbons (Fsp3) is 0.600. The van der Waals surface area contributed by atoms with E-state index in [2.05, 4.69) is 115 Å². The first-order chi connectivity index (χ1) is 28.0. The third-order valence-electron chi connectivity index (χ3n) is 10.8. The second-order valence-corrected chi connectivity index (χ2v) is 15.3. The first kappa shape index (κ1) is 55.3. The first-order valence-electron chi connectivity index (χ1n) is 23.6. The zero-order valence-electron chi connectivity index (χ0n) is 38.8. The van der Waals surface area contributed by atoms with Gasteiger partial charge in [0.15, 0.2) is 0 Å². The largest absolute Gasteiger partial charge is 2.00 e. The molecular weight excluding hydrogens is 795 g/mol. The Morgan fingerprint density at radius 3 is 1.17 bits per heavy atom. The summed E-state index contributed by atoms with van der Waals surface area (Å²) in [5.41, 5.74) is 25.4. The number of unbranched alkanes of at least 4 members (excludes halogenated alkanes) is 11. The molecule has 0 bridgehead atoms. The van der Waals surface area contributed by atoms with Gasteiger partial charge >= 0.3 is 20.4 Å². The molecule has 3 rings (SSSR count). The Hall–Kier alpha value is -2.70. The Kier molecular flexibility index (Phi) is 34.5. The molecule has 0 amide bonds. The maximum atomic E-state index is 12.8. The molecule has 0 unspecified atom stereocenters.